The lowest BCUT2D eigenvalue weighted by molar-refractivity contribution is -0.122. The first-order valence-electron chi connectivity index (χ1n) is 7.42. The van der Waals surface area contributed by atoms with Crippen LogP contribution in [-0.2, 0) is 11.3 Å². The molecule has 0 spiro atoms. The second-order valence-corrected chi connectivity index (χ2v) is 6.00. The van der Waals surface area contributed by atoms with Crippen molar-refractivity contribution in [2.45, 2.75) is 25.1 Å². The van der Waals surface area contributed by atoms with Gasteiger partial charge in [0.15, 0.2) is 0 Å². The van der Waals surface area contributed by atoms with Gasteiger partial charge in [-0.05, 0) is 26.1 Å². The van der Waals surface area contributed by atoms with Crippen LogP contribution in [0.3, 0.4) is 0 Å². The molecule has 21 heavy (non-hydrogen) atoms. The molecular formula is C16H25N3O2. The van der Waals surface area contributed by atoms with Crippen LogP contribution in [0.4, 0.5) is 0 Å². The zero-order chi connectivity index (χ0) is 15.2. The van der Waals surface area contributed by atoms with Gasteiger partial charge in [-0.1, -0.05) is 30.3 Å². The van der Waals surface area contributed by atoms with Crippen molar-refractivity contribution >= 4 is 5.91 Å². The minimum atomic E-state index is -0.322. The van der Waals surface area contributed by atoms with Crippen molar-refractivity contribution in [3.63, 3.8) is 0 Å². The zero-order valence-electron chi connectivity index (χ0n) is 12.8. The number of amides is 1. The molecule has 5 nitrogen and oxygen atoms in total. The van der Waals surface area contributed by atoms with Gasteiger partial charge in [0.05, 0.1) is 12.6 Å². The third kappa shape index (κ3) is 5.12. The van der Waals surface area contributed by atoms with Crippen molar-refractivity contribution in [1.82, 2.24) is 15.1 Å². The number of likely N-dealkylation sites (N-methyl/N-ethyl adjacent to an activating group) is 1. The van der Waals surface area contributed by atoms with Crippen LogP contribution in [0.15, 0.2) is 30.3 Å². The number of aliphatic hydroxyl groups is 1. The van der Waals surface area contributed by atoms with Crippen molar-refractivity contribution < 1.29 is 9.90 Å². The lowest BCUT2D eigenvalue weighted by Crippen LogP contribution is -2.43. The van der Waals surface area contributed by atoms with Gasteiger partial charge in [0.2, 0.25) is 5.91 Å². The van der Waals surface area contributed by atoms with E-state index in [-0.39, 0.29) is 18.1 Å². The van der Waals surface area contributed by atoms with Crippen LogP contribution in [0.2, 0.25) is 0 Å². The van der Waals surface area contributed by atoms with Gasteiger partial charge in [-0.25, -0.2) is 0 Å². The van der Waals surface area contributed by atoms with E-state index in [1.165, 1.54) is 0 Å². The number of carbonyl (C=O) groups excluding carboxylic acids is 1. The number of nitrogens with zero attached hydrogens (tertiary/aromatic N) is 2. The van der Waals surface area contributed by atoms with E-state index in [9.17, 15) is 9.90 Å². The zero-order valence-corrected chi connectivity index (χ0v) is 12.8. The summed E-state index contributed by atoms with van der Waals surface area (Å²) in [6, 6.07) is 10.1. The van der Waals surface area contributed by atoms with Gasteiger partial charge in [-0.3, -0.25) is 9.69 Å². The largest absolute Gasteiger partial charge is 0.392 e. The third-order valence-electron chi connectivity index (χ3n) is 3.76. The van der Waals surface area contributed by atoms with Crippen molar-refractivity contribution in [2.75, 3.05) is 33.7 Å². The summed E-state index contributed by atoms with van der Waals surface area (Å²) in [7, 11) is 4.02. The molecule has 0 bridgehead atoms. The number of hydrogen-bond donors (Lipinski definition) is 2. The molecule has 0 aliphatic carbocycles. The Bertz CT molecular complexity index is 450. The number of hydrogen-bond acceptors (Lipinski definition) is 4. The Morgan fingerprint density at radius 3 is 2.76 bits per heavy atom. The molecule has 1 heterocycles. The molecule has 1 aromatic carbocycles. The molecule has 2 atom stereocenters. The van der Waals surface area contributed by atoms with Gasteiger partial charge in [0, 0.05) is 25.7 Å². The average Bonchev–Trinajstić information content (AvgIpc) is 2.76. The van der Waals surface area contributed by atoms with Crippen LogP contribution in [0.5, 0.6) is 0 Å². The molecule has 1 aliphatic heterocycles. The van der Waals surface area contributed by atoms with Gasteiger partial charge in [0.1, 0.15) is 0 Å². The molecule has 1 amide bonds. The Morgan fingerprint density at radius 2 is 2.10 bits per heavy atom. The molecule has 2 unspecified atom stereocenters. The fraction of sp³-hybridized carbons (Fsp3) is 0.562. The summed E-state index contributed by atoms with van der Waals surface area (Å²) in [6.45, 7) is 2.34. The van der Waals surface area contributed by atoms with E-state index in [1.54, 1.807) is 0 Å². The first-order valence-corrected chi connectivity index (χ1v) is 7.42. The molecule has 0 aromatic heterocycles. The molecule has 1 aliphatic rings. The lowest BCUT2D eigenvalue weighted by atomic mass is 10.2. The van der Waals surface area contributed by atoms with Gasteiger partial charge < -0.3 is 15.3 Å². The van der Waals surface area contributed by atoms with E-state index in [1.807, 2.05) is 44.4 Å². The number of aliphatic hydroxyl groups excluding tert-OH is 1. The van der Waals surface area contributed by atoms with Crippen LogP contribution in [0, 0.1) is 0 Å². The summed E-state index contributed by atoms with van der Waals surface area (Å²) < 4.78 is 0. The highest BCUT2D eigenvalue weighted by molar-refractivity contribution is 5.78. The molecule has 116 valence electrons. The smallest absolute Gasteiger partial charge is 0.234 e. The quantitative estimate of drug-likeness (QED) is 0.791. The average molecular weight is 291 g/mol. The fourth-order valence-electron chi connectivity index (χ4n) is 2.80. The van der Waals surface area contributed by atoms with E-state index in [0.717, 1.165) is 18.5 Å². The van der Waals surface area contributed by atoms with Crippen LogP contribution in [0.25, 0.3) is 0 Å². The predicted octanol–water partition coefficient (Wildman–Crippen LogP) is 0.300. The van der Waals surface area contributed by atoms with Gasteiger partial charge in [-0.2, -0.15) is 0 Å². The van der Waals surface area contributed by atoms with Crippen LogP contribution in [0.1, 0.15) is 12.0 Å². The summed E-state index contributed by atoms with van der Waals surface area (Å²) in [6.07, 6.45) is 0.418. The molecular weight excluding hydrogens is 266 g/mol. The Hall–Kier alpha value is -1.43. The summed E-state index contributed by atoms with van der Waals surface area (Å²) in [4.78, 5) is 16.2. The number of likely N-dealkylation sites (tertiary alicyclic amines) is 1. The Morgan fingerprint density at radius 1 is 1.38 bits per heavy atom. The molecule has 0 radical (unpaired) electrons. The van der Waals surface area contributed by atoms with Crippen LogP contribution in [-0.4, -0.2) is 66.7 Å². The summed E-state index contributed by atoms with van der Waals surface area (Å²) in [5, 5.41) is 12.8. The van der Waals surface area contributed by atoms with E-state index >= 15 is 0 Å². The van der Waals surface area contributed by atoms with Gasteiger partial charge in [0.25, 0.3) is 0 Å². The van der Waals surface area contributed by atoms with Crippen molar-refractivity contribution in [1.29, 1.82) is 0 Å². The molecule has 1 saturated heterocycles. The van der Waals surface area contributed by atoms with Gasteiger partial charge >= 0.3 is 0 Å². The normalized spacial score (nSPS) is 22.7. The van der Waals surface area contributed by atoms with E-state index in [0.29, 0.717) is 19.6 Å². The monoisotopic (exact) mass is 291 g/mol. The number of β-amino-alcohol motifs (C(OH)–C–C–N with tert-alkyl or cyclic N) is 1. The third-order valence-corrected chi connectivity index (χ3v) is 3.76. The molecule has 0 saturated carbocycles. The Balaban J connectivity index is 1.80. The molecule has 1 fully saturated rings. The number of rotatable bonds is 6. The molecule has 5 heteroatoms. The second-order valence-electron chi connectivity index (χ2n) is 6.00. The Labute approximate surface area is 126 Å². The van der Waals surface area contributed by atoms with E-state index in [2.05, 4.69) is 15.1 Å². The summed E-state index contributed by atoms with van der Waals surface area (Å²) >= 11 is 0. The van der Waals surface area contributed by atoms with E-state index < -0.39 is 0 Å². The predicted molar refractivity (Wildman–Crippen MR) is 82.8 cm³/mol. The highest BCUT2D eigenvalue weighted by Gasteiger charge is 2.32. The Kier molecular flexibility index (Phi) is 5.73. The maximum Gasteiger partial charge on any atom is 0.234 e. The summed E-state index contributed by atoms with van der Waals surface area (Å²) in [5.41, 5.74) is 1.09. The highest BCUT2D eigenvalue weighted by Crippen LogP contribution is 2.17. The van der Waals surface area contributed by atoms with Crippen molar-refractivity contribution in [3.05, 3.63) is 35.9 Å². The summed E-state index contributed by atoms with van der Waals surface area (Å²) in [5.74, 6) is 0.0108. The van der Waals surface area contributed by atoms with E-state index in [4.69, 9.17) is 0 Å². The first kappa shape index (κ1) is 15.9. The van der Waals surface area contributed by atoms with Gasteiger partial charge in [-0.15, -0.1) is 0 Å². The number of nitrogens with one attached hydrogen (secondary N) is 1. The second kappa shape index (κ2) is 7.54. The van der Waals surface area contributed by atoms with Crippen molar-refractivity contribution in [3.8, 4) is 0 Å². The first-order chi connectivity index (χ1) is 10.0. The highest BCUT2D eigenvalue weighted by atomic mass is 16.3. The number of carbonyl (C=O) groups is 1. The topological polar surface area (TPSA) is 55.8 Å². The minimum Gasteiger partial charge on any atom is -0.392 e. The van der Waals surface area contributed by atoms with Crippen molar-refractivity contribution in [2.24, 2.45) is 0 Å². The molecule has 1 aromatic rings. The minimum absolute atomic E-state index is 0.0108. The molecule has 2 rings (SSSR count). The van der Waals surface area contributed by atoms with Crippen LogP contribution < -0.4 is 5.32 Å². The maximum atomic E-state index is 12.1. The maximum absolute atomic E-state index is 12.1. The molecule has 2 N–H and O–H groups in total. The SMILES string of the molecule is CN(C)CC1CC(O)CN1CC(=O)NCc1ccccc1. The standard InChI is InChI=1S/C16H25N3O2/c1-18(2)10-14-8-15(20)11-19(14)12-16(21)17-9-13-6-4-3-5-7-13/h3-7,14-15,20H,8-12H2,1-2H3,(H,17,21). The van der Waals surface area contributed by atoms with Crippen LogP contribution >= 0.6 is 0 Å². The number of benzene rings is 1. The lowest BCUT2D eigenvalue weighted by Gasteiger charge is -2.26. The fourth-order valence-corrected chi connectivity index (χ4v) is 2.80.